The van der Waals surface area contributed by atoms with Gasteiger partial charge in [-0.15, -0.1) is 11.8 Å². The summed E-state index contributed by atoms with van der Waals surface area (Å²) in [5, 5.41) is 3.46. The number of rotatable bonds is 7. The molecule has 1 aromatic carbocycles. The average Bonchev–Trinajstić information content (AvgIpc) is 2.79. The van der Waals surface area contributed by atoms with Crippen LogP contribution in [0.2, 0.25) is 0 Å². The number of aryl methyl sites for hydroxylation is 1. The smallest absolute Gasteiger partial charge is 0.105 e. The largest absolute Gasteiger partial charge is 0.330 e. The second kappa shape index (κ2) is 7.50. The second-order valence-electron chi connectivity index (χ2n) is 5.15. The zero-order valence-corrected chi connectivity index (χ0v) is 13.3. The van der Waals surface area contributed by atoms with Gasteiger partial charge in [0.05, 0.1) is 5.69 Å². The number of nitrogens with zero attached hydrogens (tertiary/aromatic N) is 2. The number of imidazole rings is 1. The molecule has 0 fully saturated rings. The van der Waals surface area contributed by atoms with Gasteiger partial charge < -0.3 is 9.88 Å². The minimum absolute atomic E-state index is 0.498. The molecule has 108 valence electrons. The van der Waals surface area contributed by atoms with Gasteiger partial charge in [-0.05, 0) is 19.1 Å². The van der Waals surface area contributed by atoms with Gasteiger partial charge in [0, 0.05) is 36.0 Å². The maximum Gasteiger partial charge on any atom is 0.105 e. The topological polar surface area (TPSA) is 29.9 Å². The lowest BCUT2D eigenvalue weighted by Gasteiger charge is -2.12. The van der Waals surface area contributed by atoms with Gasteiger partial charge in [0.1, 0.15) is 5.82 Å². The summed E-state index contributed by atoms with van der Waals surface area (Å²) in [4.78, 5) is 5.76. The first-order valence-corrected chi connectivity index (χ1v) is 8.07. The average molecular weight is 289 g/mol. The molecule has 2 aromatic rings. The van der Waals surface area contributed by atoms with Crippen LogP contribution in [0.4, 0.5) is 0 Å². The molecule has 1 heterocycles. The van der Waals surface area contributed by atoms with Crippen LogP contribution in [0, 0.1) is 6.92 Å². The molecular formula is C16H23N3S. The van der Waals surface area contributed by atoms with Crippen molar-refractivity contribution in [2.45, 2.75) is 44.8 Å². The maximum absolute atomic E-state index is 4.43. The highest BCUT2D eigenvalue weighted by Crippen LogP contribution is 2.18. The van der Waals surface area contributed by atoms with Gasteiger partial charge in [0.2, 0.25) is 0 Å². The summed E-state index contributed by atoms with van der Waals surface area (Å²) in [6, 6.07) is 11.0. The Morgan fingerprint density at radius 3 is 2.70 bits per heavy atom. The van der Waals surface area contributed by atoms with Gasteiger partial charge in [-0.1, -0.05) is 32.0 Å². The number of nitrogens with one attached hydrogen (secondary N) is 1. The SMILES string of the molecule is Cc1ncc(CNC(C)C)n1CCSc1ccccc1. The van der Waals surface area contributed by atoms with E-state index in [-0.39, 0.29) is 0 Å². The van der Waals surface area contributed by atoms with Crippen LogP contribution in [-0.4, -0.2) is 21.3 Å². The quantitative estimate of drug-likeness (QED) is 0.791. The van der Waals surface area contributed by atoms with Crippen molar-refractivity contribution in [1.29, 1.82) is 0 Å². The molecule has 1 aromatic heterocycles. The van der Waals surface area contributed by atoms with Crippen LogP contribution in [-0.2, 0) is 13.1 Å². The molecule has 0 amide bonds. The van der Waals surface area contributed by atoms with E-state index in [9.17, 15) is 0 Å². The Labute approximate surface area is 125 Å². The van der Waals surface area contributed by atoms with Gasteiger partial charge >= 0.3 is 0 Å². The predicted molar refractivity (Wildman–Crippen MR) is 86.1 cm³/mol. The molecule has 0 spiro atoms. The summed E-state index contributed by atoms with van der Waals surface area (Å²) in [7, 11) is 0. The van der Waals surface area contributed by atoms with Gasteiger partial charge in [-0.2, -0.15) is 0 Å². The van der Waals surface area contributed by atoms with E-state index < -0.39 is 0 Å². The first-order valence-electron chi connectivity index (χ1n) is 7.09. The van der Waals surface area contributed by atoms with E-state index in [2.05, 4.69) is 66.0 Å². The lowest BCUT2D eigenvalue weighted by Crippen LogP contribution is -2.23. The highest BCUT2D eigenvalue weighted by molar-refractivity contribution is 7.99. The van der Waals surface area contributed by atoms with Crippen LogP contribution in [0.1, 0.15) is 25.4 Å². The van der Waals surface area contributed by atoms with E-state index in [1.165, 1.54) is 10.6 Å². The molecule has 2 rings (SSSR count). The van der Waals surface area contributed by atoms with Gasteiger partial charge in [0.25, 0.3) is 0 Å². The molecular weight excluding hydrogens is 266 g/mol. The normalized spacial score (nSPS) is 11.2. The standard InChI is InChI=1S/C16H23N3S/c1-13(2)17-11-15-12-18-14(3)19(15)9-10-20-16-7-5-4-6-8-16/h4-8,12-13,17H,9-11H2,1-3H3. The Morgan fingerprint density at radius 1 is 1.25 bits per heavy atom. The van der Waals surface area contributed by atoms with Crippen molar-refractivity contribution in [3.63, 3.8) is 0 Å². The summed E-state index contributed by atoms with van der Waals surface area (Å²) < 4.78 is 2.31. The zero-order chi connectivity index (χ0) is 14.4. The second-order valence-corrected chi connectivity index (χ2v) is 6.31. The van der Waals surface area contributed by atoms with Crippen molar-refractivity contribution in [2.75, 3.05) is 5.75 Å². The molecule has 3 nitrogen and oxygen atoms in total. The zero-order valence-electron chi connectivity index (χ0n) is 12.5. The van der Waals surface area contributed by atoms with Crippen molar-refractivity contribution in [3.05, 3.63) is 48.0 Å². The Balaban J connectivity index is 1.90. The molecule has 0 unspecified atom stereocenters. The van der Waals surface area contributed by atoms with Crippen LogP contribution >= 0.6 is 11.8 Å². The third-order valence-corrected chi connectivity index (χ3v) is 4.15. The number of thioether (sulfide) groups is 1. The minimum atomic E-state index is 0.498. The Kier molecular flexibility index (Phi) is 5.68. The van der Waals surface area contributed by atoms with E-state index in [0.29, 0.717) is 6.04 Å². The Bertz CT molecular complexity index is 520. The molecule has 0 saturated carbocycles. The Morgan fingerprint density at radius 2 is 2.00 bits per heavy atom. The fourth-order valence-electron chi connectivity index (χ4n) is 2.04. The van der Waals surface area contributed by atoms with Gasteiger partial charge in [0.15, 0.2) is 0 Å². The van der Waals surface area contributed by atoms with E-state index in [0.717, 1.165) is 24.7 Å². The molecule has 0 radical (unpaired) electrons. The van der Waals surface area contributed by atoms with Crippen LogP contribution in [0.3, 0.4) is 0 Å². The first kappa shape index (κ1) is 15.1. The molecule has 0 aliphatic carbocycles. The molecule has 0 atom stereocenters. The maximum atomic E-state index is 4.43. The highest BCUT2D eigenvalue weighted by atomic mass is 32.2. The number of hydrogen-bond donors (Lipinski definition) is 1. The number of benzene rings is 1. The Hall–Kier alpha value is -1.26. The van der Waals surface area contributed by atoms with Crippen molar-refractivity contribution in [2.24, 2.45) is 0 Å². The third kappa shape index (κ3) is 4.39. The number of aromatic nitrogens is 2. The van der Waals surface area contributed by atoms with Crippen LogP contribution in [0.15, 0.2) is 41.4 Å². The first-order chi connectivity index (χ1) is 9.66. The van der Waals surface area contributed by atoms with Crippen molar-refractivity contribution in [3.8, 4) is 0 Å². The lowest BCUT2D eigenvalue weighted by atomic mass is 10.3. The minimum Gasteiger partial charge on any atom is -0.330 e. The fraction of sp³-hybridized carbons (Fsp3) is 0.438. The molecule has 0 aliphatic rings. The molecule has 4 heteroatoms. The highest BCUT2D eigenvalue weighted by Gasteiger charge is 2.07. The fourth-order valence-corrected chi connectivity index (χ4v) is 2.90. The van der Waals surface area contributed by atoms with E-state index >= 15 is 0 Å². The van der Waals surface area contributed by atoms with E-state index in [1.807, 2.05) is 18.0 Å². The van der Waals surface area contributed by atoms with Crippen molar-refractivity contribution < 1.29 is 0 Å². The monoisotopic (exact) mass is 289 g/mol. The summed E-state index contributed by atoms with van der Waals surface area (Å²) in [6.45, 7) is 8.29. The van der Waals surface area contributed by atoms with Crippen LogP contribution in [0.25, 0.3) is 0 Å². The van der Waals surface area contributed by atoms with E-state index in [1.54, 1.807) is 0 Å². The third-order valence-electron chi connectivity index (χ3n) is 3.16. The number of hydrogen-bond acceptors (Lipinski definition) is 3. The summed E-state index contributed by atoms with van der Waals surface area (Å²) in [5.41, 5.74) is 1.27. The lowest BCUT2D eigenvalue weighted by molar-refractivity contribution is 0.559. The van der Waals surface area contributed by atoms with E-state index in [4.69, 9.17) is 0 Å². The summed E-state index contributed by atoms with van der Waals surface area (Å²) in [6.07, 6.45) is 1.98. The molecule has 0 aliphatic heterocycles. The summed E-state index contributed by atoms with van der Waals surface area (Å²) in [5.74, 6) is 2.16. The molecule has 20 heavy (non-hydrogen) atoms. The molecule has 1 N–H and O–H groups in total. The molecule has 0 bridgehead atoms. The van der Waals surface area contributed by atoms with Crippen molar-refractivity contribution >= 4 is 11.8 Å². The molecule has 0 saturated heterocycles. The van der Waals surface area contributed by atoms with Crippen LogP contribution in [0.5, 0.6) is 0 Å². The summed E-state index contributed by atoms with van der Waals surface area (Å²) >= 11 is 1.89. The van der Waals surface area contributed by atoms with Gasteiger partial charge in [-0.25, -0.2) is 4.98 Å². The predicted octanol–water partition coefficient (Wildman–Crippen LogP) is 3.48. The van der Waals surface area contributed by atoms with Gasteiger partial charge in [-0.3, -0.25) is 0 Å². The van der Waals surface area contributed by atoms with Crippen LogP contribution < -0.4 is 5.32 Å². The van der Waals surface area contributed by atoms with Crippen molar-refractivity contribution in [1.82, 2.24) is 14.9 Å².